The van der Waals surface area contributed by atoms with Crippen LogP contribution in [0.3, 0.4) is 0 Å². The maximum Gasteiger partial charge on any atom is 0.241 e. The second kappa shape index (κ2) is 6.88. The summed E-state index contributed by atoms with van der Waals surface area (Å²) in [6.45, 7) is 2.63. The van der Waals surface area contributed by atoms with Gasteiger partial charge in [0.15, 0.2) is 0 Å². The maximum absolute atomic E-state index is 11.4. The zero-order valence-electron chi connectivity index (χ0n) is 10.1. The van der Waals surface area contributed by atoms with Crippen LogP contribution < -0.4 is 15.8 Å². The van der Waals surface area contributed by atoms with Crippen molar-refractivity contribution in [1.29, 1.82) is 0 Å². The number of nitrogens with one attached hydrogen (secondary N) is 1. The highest BCUT2D eigenvalue weighted by molar-refractivity contribution is 5.94. The summed E-state index contributed by atoms with van der Waals surface area (Å²) in [6, 6.07) is 6.61. The SMILES string of the molecule is COCCOc1cccc(NC(=O)[C@H](C)N)c1. The number of carbonyl (C=O) groups excluding carboxylic acids is 1. The van der Waals surface area contributed by atoms with E-state index in [4.69, 9.17) is 15.2 Å². The van der Waals surface area contributed by atoms with E-state index in [0.717, 1.165) is 0 Å². The van der Waals surface area contributed by atoms with Crippen LogP contribution in [-0.4, -0.2) is 32.3 Å². The van der Waals surface area contributed by atoms with E-state index in [0.29, 0.717) is 24.7 Å². The number of methoxy groups -OCH3 is 1. The molecule has 0 unspecified atom stereocenters. The predicted octanol–water partition coefficient (Wildman–Crippen LogP) is 0.998. The van der Waals surface area contributed by atoms with Crippen molar-refractivity contribution in [3.63, 3.8) is 0 Å². The highest BCUT2D eigenvalue weighted by Gasteiger charge is 2.07. The summed E-state index contributed by atoms with van der Waals surface area (Å²) in [5.74, 6) is 0.462. The minimum absolute atomic E-state index is 0.223. The molecule has 0 aliphatic heterocycles. The van der Waals surface area contributed by atoms with Crippen molar-refractivity contribution in [2.75, 3.05) is 25.6 Å². The molecule has 5 heteroatoms. The topological polar surface area (TPSA) is 73.6 Å². The van der Waals surface area contributed by atoms with Gasteiger partial charge in [-0.25, -0.2) is 0 Å². The Bertz CT molecular complexity index is 367. The highest BCUT2D eigenvalue weighted by Crippen LogP contribution is 2.17. The molecule has 1 aromatic carbocycles. The van der Waals surface area contributed by atoms with Gasteiger partial charge in [0.1, 0.15) is 12.4 Å². The van der Waals surface area contributed by atoms with Crippen LogP contribution >= 0.6 is 0 Å². The molecule has 0 saturated carbocycles. The van der Waals surface area contributed by atoms with Crippen LogP contribution in [0.2, 0.25) is 0 Å². The second-order valence-electron chi connectivity index (χ2n) is 3.65. The fourth-order valence-corrected chi connectivity index (χ4v) is 1.16. The number of anilines is 1. The molecular weight excluding hydrogens is 220 g/mol. The lowest BCUT2D eigenvalue weighted by Crippen LogP contribution is -2.32. The fraction of sp³-hybridized carbons (Fsp3) is 0.417. The van der Waals surface area contributed by atoms with Crippen LogP contribution in [0.25, 0.3) is 0 Å². The third-order valence-electron chi connectivity index (χ3n) is 2.07. The number of ether oxygens (including phenoxy) is 2. The normalized spacial score (nSPS) is 11.9. The van der Waals surface area contributed by atoms with Crippen molar-refractivity contribution in [2.24, 2.45) is 5.73 Å². The van der Waals surface area contributed by atoms with E-state index in [9.17, 15) is 4.79 Å². The summed E-state index contributed by atoms with van der Waals surface area (Å²) in [4.78, 5) is 11.4. The van der Waals surface area contributed by atoms with Gasteiger partial charge in [0.05, 0.1) is 12.6 Å². The van der Waals surface area contributed by atoms with Crippen LogP contribution in [0.15, 0.2) is 24.3 Å². The first-order valence-corrected chi connectivity index (χ1v) is 5.41. The van der Waals surface area contributed by atoms with Gasteiger partial charge < -0.3 is 20.5 Å². The fourth-order valence-electron chi connectivity index (χ4n) is 1.16. The Morgan fingerprint density at radius 2 is 2.24 bits per heavy atom. The molecule has 0 fully saturated rings. The van der Waals surface area contributed by atoms with Crippen LogP contribution in [0.1, 0.15) is 6.92 Å². The van der Waals surface area contributed by atoms with Crippen molar-refractivity contribution < 1.29 is 14.3 Å². The van der Waals surface area contributed by atoms with E-state index >= 15 is 0 Å². The van der Waals surface area contributed by atoms with Crippen molar-refractivity contribution in [2.45, 2.75) is 13.0 Å². The van der Waals surface area contributed by atoms with Crippen LogP contribution in [-0.2, 0) is 9.53 Å². The number of benzene rings is 1. The zero-order valence-corrected chi connectivity index (χ0v) is 10.1. The quantitative estimate of drug-likeness (QED) is 0.725. The van der Waals surface area contributed by atoms with Crippen molar-refractivity contribution in [3.05, 3.63) is 24.3 Å². The molecule has 0 spiro atoms. The van der Waals surface area contributed by atoms with Crippen molar-refractivity contribution >= 4 is 11.6 Å². The lowest BCUT2D eigenvalue weighted by Gasteiger charge is -2.10. The molecule has 0 aliphatic carbocycles. The van der Waals surface area contributed by atoms with Gasteiger partial charge in [-0.1, -0.05) is 6.07 Å². The second-order valence-corrected chi connectivity index (χ2v) is 3.65. The van der Waals surface area contributed by atoms with E-state index in [1.165, 1.54) is 0 Å². The molecule has 0 aromatic heterocycles. The van der Waals surface area contributed by atoms with Crippen molar-refractivity contribution in [1.82, 2.24) is 0 Å². The van der Waals surface area contributed by atoms with Gasteiger partial charge >= 0.3 is 0 Å². The molecule has 1 amide bonds. The summed E-state index contributed by atoms with van der Waals surface area (Å²) in [5, 5.41) is 2.70. The van der Waals surface area contributed by atoms with Gasteiger partial charge in [0.25, 0.3) is 0 Å². The van der Waals surface area contributed by atoms with Gasteiger partial charge in [-0.2, -0.15) is 0 Å². The third kappa shape index (κ3) is 4.84. The molecule has 1 atom stereocenters. The average molecular weight is 238 g/mol. The summed E-state index contributed by atoms with van der Waals surface area (Å²) in [6.07, 6.45) is 0. The van der Waals surface area contributed by atoms with E-state index in [2.05, 4.69) is 5.32 Å². The molecule has 1 aromatic rings. The van der Waals surface area contributed by atoms with Gasteiger partial charge in [-0.15, -0.1) is 0 Å². The molecule has 0 saturated heterocycles. The molecule has 0 aliphatic rings. The van der Waals surface area contributed by atoms with Crippen molar-refractivity contribution in [3.8, 4) is 5.75 Å². The molecule has 0 heterocycles. The summed E-state index contributed by atoms with van der Waals surface area (Å²) >= 11 is 0. The monoisotopic (exact) mass is 238 g/mol. The first kappa shape index (κ1) is 13.5. The van der Waals surface area contributed by atoms with Crippen LogP contribution in [0.4, 0.5) is 5.69 Å². The molecule has 5 nitrogen and oxygen atoms in total. The Kier molecular flexibility index (Phi) is 5.45. The summed E-state index contributed by atoms with van der Waals surface area (Å²) in [7, 11) is 1.61. The van der Waals surface area contributed by atoms with Gasteiger partial charge in [-0.3, -0.25) is 4.79 Å². The van der Waals surface area contributed by atoms with E-state index < -0.39 is 6.04 Å². The molecule has 1 rings (SSSR count). The smallest absolute Gasteiger partial charge is 0.241 e. The molecule has 94 valence electrons. The minimum Gasteiger partial charge on any atom is -0.491 e. The van der Waals surface area contributed by atoms with E-state index in [1.54, 1.807) is 32.2 Å². The number of hydrogen-bond acceptors (Lipinski definition) is 4. The molecule has 17 heavy (non-hydrogen) atoms. The highest BCUT2D eigenvalue weighted by atomic mass is 16.5. The Hall–Kier alpha value is -1.59. The number of rotatable bonds is 6. The third-order valence-corrected chi connectivity index (χ3v) is 2.07. The van der Waals surface area contributed by atoms with Gasteiger partial charge in [0.2, 0.25) is 5.91 Å². The lowest BCUT2D eigenvalue weighted by atomic mass is 10.2. The zero-order chi connectivity index (χ0) is 12.7. The standard InChI is InChI=1S/C12H18N2O3/c1-9(13)12(15)14-10-4-3-5-11(8-10)17-7-6-16-2/h3-5,8-9H,6-7,13H2,1-2H3,(H,14,15)/t9-/m0/s1. The Morgan fingerprint density at radius 1 is 1.47 bits per heavy atom. The first-order chi connectivity index (χ1) is 8.13. The molecular formula is C12H18N2O3. The summed E-state index contributed by atoms with van der Waals surface area (Å²) < 4.78 is 10.3. The van der Waals surface area contributed by atoms with Crippen LogP contribution in [0.5, 0.6) is 5.75 Å². The average Bonchev–Trinajstić information content (AvgIpc) is 2.30. The van der Waals surface area contributed by atoms with E-state index in [-0.39, 0.29) is 5.91 Å². The molecule has 0 bridgehead atoms. The number of nitrogens with two attached hydrogens (primary N) is 1. The summed E-state index contributed by atoms with van der Waals surface area (Å²) in [5.41, 5.74) is 6.13. The number of hydrogen-bond donors (Lipinski definition) is 2. The van der Waals surface area contributed by atoms with Gasteiger partial charge in [0, 0.05) is 18.9 Å². The minimum atomic E-state index is -0.534. The van der Waals surface area contributed by atoms with Gasteiger partial charge in [-0.05, 0) is 19.1 Å². The lowest BCUT2D eigenvalue weighted by molar-refractivity contribution is -0.117. The Labute approximate surface area is 101 Å². The maximum atomic E-state index is 11.4. The first-order valence-electron chi connectivity index (χ1n) is 5.41. The molecule has 3 N–H and O–H groups in total. The predicted molar refractivity (Wildman–Crippen MR) is 66.1 cm³/mol. The Balaban J connectivity index is 2.56. The Morgan fingerprint density at radius 3 is 2.88 bits per heavy atom. The number of carbonyl (C=O) groups is 1. The largest absolute Gasteiger partial charge is 0.491 e. The number of amides is 1. The molecule has 0 radical (unpaired) electrons. The van der Waals surface area contributed by atoms with E-state index in [1.807, 2.05) is 6.07 Å². The van der Waals surface area contributed by atoms with Crippen LogP contribution in [0, 0.1) is 0 Å².